The molecule has 1 aromatic heterocycles. The standard InChI is InChI=1S/C17H22N4O5S/c1-19-14-5-4-13(9-15(14)26-17(19)23)27(24,25)20-7-2-3-12(11-20)21-8-6-18-10-16(21)22/h4-5,9,12,18H,2-3,6-8,10-11H2,1H3. The molecule has 2 aliphatic heterocycles. The Bertz CT molecular complexity index is 1040. The van der Waals surface area contributed by atoms with Crippen LogP contribution in [0.2, 0.25) is 0 Å². The fourth-order valence-electron chi connectivity index (χ4n) is 3.82. The second-order valence-corrected chi connectivity index (χ2v) is 8.92. The zero-order chi connectivity index (χ0) is 19.2. The van der Waals surface area contributed by atoms with Crippen LogP contribution in [0, 0.1) is 0 Å². The predicted molar refractivity (Wildman–Crippen MR) is 97.8 cm³/mol. The number of nitrogens with one attached hydrogen (secondary N) is 1. The van der Waals surface area contributed by atoms with Crippen molar-refractivity contribution in [3.05, 3.63) is 28.7 Å². The number of fused-ring (bicyclic) bond motifs is 1. The molecule has 1 atom stereocenters. The maximum Gasteiger partial charge on any atom is 0.419 e. The summed E-state index contributed by atoms with van der Waals surface area (Å²) in [4.78, 5) is 25.7. The number of carbonyl (C=O) groups excluding carboxylic acids is 1. The fourth-order valence-corrected chi connectivity index (χ4v) is 5.36. The minimum atomic E-state index is -3.74. The number of oxazole rings is 1. The molecule has 146 valence electrons. The first-order valence-electron chi connectivity index (χ1n) is 8.98. The zero-order valence-corrected chi connectivity index (χ0v) is 15.9. The van der Waals surface area contributed by atoms with E-state index in [-0.39, 0.29) is 29.0 Å². The van der Waals surface area contributed by atoms with Gasteiger partial charge >= 0.3 is 5.76 Å². The normalized spacial score (nSPS) is 22.5. The molecule has 1 N–H and O–H groups in total. The lowest BCUT2D eigenvalue weighted by Gasteiger charge is -2.40. The van der Waals surface area contributed by atoms with E-state index < -0.39 is 15.8 Å². The van der Waals surface area contributed by atoms with Crippen molar-refractivity contribution >= 4 is 27.0 Å². The number of piperazine rings is 1. The van der Waals surface area contributed by atoms with Gasteiger partial charge in [0.2, 0.25) is 15.9 Å². The van der Waals surface area contributed by atoms with Gasteiger partial charge in [-0.2, -0.15) is 4.31 Å². The summed E-state index contributed by atoms with van der Waals surface area (Å²) in [6, 6.07) is 4.35. The second kappa shape index (κ2) is 6.77. The van der Waals surface area contributed by atoms with Crippen LogP contribution in [0.1, 0.15) is 12.8 Å². The van der Waals surface area contributed by atoms with Crippen LogP contribution >= 0.6 is 0 Å². The van der Waals surface area contributed by atoms with Crippen LogP contribution in [0.4, 0.5) is 0 Å². The third-order valence-electron chi connectivity index (χ3n) is 5.33. The van der Waals surface area contributed by atoms with Crippen LogP contribution in [0.25, 0.3) is 11.1 Å². The number of amides is 1. The van der Waals surface area contributed by atoms with Gasteiger partial charge in [0.05, 0.1) is 17.0 Å². The quantitative estimate of drug-likeness (QED) is 0.768. The number of benzene rings is 1. The number of sulfonamides is 1. The molecule has 10 heteroatoms. The Kier molecular flexibility index (Phi) is 4.57. The largest absolute Gasteiger partial charge is 0.419 e. The lowest BCUT2D eigenvalue weighted by molar-refractivity contribution is -0.135. The summed E-state index contributed by atoms with van der Waals surface area (Å²) in [5.74, 6) is -0.521. The molecule has 2 fully saturated rings. The van der Waals surface area contributed by atoms with Gasteiger partial charge in [-0.15, -0.1) is 0 Å². The maximum atomic E-state index is 13.1. The molecule has 0 aliphatic carbocycles. The zero-order valence-electron chi connectivity index (χ0n) is 15.1. The lowest BCUT2D eigenvalue weighted by atomic mass is 10.1. The van der Waals surface area contributed by atoms with Gasteiger partial charge in [-0.05, 0) is 25.0 Å². The van der Waals surface area contributed by atoms with E-state index in [0.29, 0.717) is 31.6 Å². The molecule has 0 spiro atoms. The van der Waals surface area contributed by atoms with Crippen molar-refractivity contribution in [3.8, 4) is 0 Å². The third kappa shape index (κ3) is 3.17. The Labute approximate surface area is 156 Å². The van der Waals surface area contributed by atoms with E-state index >= 15 is 0 Å². The van der Waals surface area contributed by atoms with Crippen molar-refractivity contribution < 1.29 is 17.6 Å². The summed E-state index contributed by atoms with van der Waals surface area (Å²) in [6.07, 6.45) is 1.49. The first kappa shape index (κ1) is 18.2. The Balaban J connectivity index is 1.61. The number of aromatic nitrogens is 1. The van der Waals surface area contributed by atoms with E-state index in [9.17, 15) is 18.0 Å². The van der Waals surface area contributed by atoms with Crippen LogP contribution < -0.4 is 11.1 Å². The van der Waals surface area contributed by atoms with Gasteiger partial charge in [0.25, 0.3) is 0 Å². The van der Waals surface area contributed by atoms with Crippen molar-refractivity contribution in [2.45, 2.75) is 23.8 Å². The number of rotatable bonds is 3. The summed E-state index contributed by atoms with van der Waals surface area (Å²) in [6.45, 7) is 2.31. The number of nitrogens with zero attached hydrogens (tertiary/aromatic N) is 3. The SMILES string of the molecule is Cn1c(=O)oc2cc(S(=O)(=O)N3CCCC(N4CCNCC4=O)C3)ccc21. The Hall–Kier alpha value is -2.17. The molecule has 9 nitrogen and oxygen atoms in total. The van der Waals surface area contributed by atoms with Gasteiger partial charge in [-0.3, -0.25) is 9.36 Å². The molecule has 3 heterocycles. The summed E-state index contributed by atoms with van der Waals surface area (Å²) in [5.41, 5.74) is 0.788. The van der Waals surface area contributed by atoms with Crippen LogP contribution in [-0.4, -0.2) is 66.9 Å². The lowest BCUT2D eigenvalue weighted by Crippen LogP contribution is -2.57. The molecule has 0 bridgehead atoms. The first-order valence-corrected chi connectivity index (χ1v) is 10.4. The topological polar surface area (TPSA) is 105 Å². The van der Waals surface area contributed by atoms with Gasteiger partial charge in [0.15, 0.2) is 5.58 Å². The highest BCUT2D eigenvalue weighted by Crippen LogP contribution is 2.25. The Morgan fingerprint density at radius 3 is 2.81 bits per heavy atom. The van der Waals surface area contributed by atoms with Crippen molar-refractivity contribution in [2.24, 2.45) is 7.05 Å². The maximum absolute atomic E-state index is 13.1. The van der Waals surface area contributed by atoms with Gasteiger partial charge in [-0.1, -0.05) is 0 Å². The van der Waals surface area contributed by atoms with Crippen LogP contribution in [-0.2, 0) is 21.9 Å². The van der Waals surface area contributed by atoms with Crippen molar-refractivity contribution in [1.29, 1.82) is 0 Å². The predicted octanol–water partition coefficient (Wildman–Crippen LogP) is -0.284. The van der Waals surface area contributed by atoms with Crippen LogP contribution in [0.3, 0.4) is 0 Å². The first-order chi connectivity index (χ1) is 12.9. The molecule has 2 aromatic rings. The molecule has 1 aromatic carbocycles. The van der Waals surface area contributed by atoms with Crippen LogP contribution in [0.5, 0.6) is 0 Å². The smallest absolute Gasteiger partial charge is 0.408 e. The molecule has 4 rings (SSSR count). The molecular weight excluding hydrogens is 372 g/mol. The van der Waals surface area contributed by atoms with Crippen molar-refractivity contribution in [2.75, 3.05) is 32.7 Å². The molecule has 2 saturated heterocycles. The molecular formula is C17H22N4O5S. The summed E-state index contributed by atoms with van der Waals surface area (Å²) < 4.78 is 34.1. The molecule has 27 heavy (non-hydrogen) atoms. The van der Waals surface area contributed by atoms with E-state index in [1.807, 2.05) is 0 Å². The number of hydrogen-bond acceptors (Lipinski definition) is 6. The highest BCUT2D eigenvalue weighted by molar-refractivity contribution is 7.89. The Morgan fingerprint density at radius 1 is 1.22 bits per heavy atom. The Morgan fingerprint density at radius 2 is 2.04 bits per heavy atom. The molecule has 1 amide bonds. The van der Waals surface area contributed by atoms with Gasteiger partial charge in [-0.25, -0.2) is 13.2 Å². The number of hydrogen-bond donors (Lipinski definition) is 1. The minimum absolute atomic E-state index is 0.0120. The highest BCUT2D eigenvalue weighted by atomic mass is 32.2. The molecule has 1 unspecified atom stereocenters. The van der Waals surface area contributed by atoms with E-state index in [2.05, 4.69) is 5.32 Å². The summed E-state index contributed by atoms with van der Waals surface area (Å²) >= 11 is 0. The average molecular weight is 394 g/mol. The molecule has 0 saturated carbocycles. The third-order valence-corrected chi connectivity index (χ3v) is 7.19. The van der Waals surface area contributed by atoms with E-state index in [0.717, 1.165) is 13.0 Å². The van der Waals surface area contributed by atoms with Crippen molar-refractivity contribution in [3.63, 3.8) is 0 Å². The van der Waals surface area contributed by atoms with Gasteiger partial charge < -0.3 is 14.6 Å². The fraction of sp³-hybridized carbons (Fsp3) is 0.529. The second-order valence-electron chi connectivity index (χ2n) is 6.98. The molecule has 0 radical (unpaired) electrons. The summed E-state index contributed by atoms with van der Waals surface area (Å²) in [5, 5.41) is 3.03. The summed E-state index contributed by atoms with van der Waals surface area (Å²) in [7, 11) is -2.17. The van der Waals surface area contributed by atoms with Crippen molar-refractivity contribution in [1.82, 2.24) is 19.1 Å². The monoisotopic (exact) mass is 394 g/mol. The van der Waals surface area contributed by atoms with Gasteiger partial charge in [0.1, 0.15) is 0 Å². The number of aryl methyl sites for hydroxylation is 1. The van der Waals surface area contributed by atoms with E-state index in [1.54, 1.807) is 18.0 Å². The highest BCUT2D eigenvalue weighted by Gasteiger charge is 2.35. The average Bonchev–Trinajstić information content (AvgIpc) is 2.96. The van der Waals surface area contributed by atoms with E-state index in [4.69, 9.17) is 4.42 Å². The van der Waals surface area contributed by atoms with Crippen LogP contribution in [0.15, 0.2) is 32.3 Å². The number of piperidine rings is 1. The van der Waals surface area contributed by atoms with E-state index in [1.165, 1.54) is 21.0 Å². The van der Waals surface area contributed by atoms with Gasteiger partial charge in [0, 0.05) is 45.3 Å². The minimum Gasteiger partial charge on any atom is -0.408 e. The molecule has 2 aliphatic rings. The number of carbonyl (C=O) groups is 1.